The molecule has 2 amide bonds. The molecule has 0 aliphatic carbocycles. The van der Waals surface area contributed by atoms with Crippen molar-refractivity contribution in [2.24, 2.45) is 5.73 Å². The third-order valence-corrected chi connectivity index (χ3v) is 7.42. The molecule has 2 aromatic heterocycles. The van der Waals surface area contributed by atoms with Gasteiger partial charge < -0.3 is 39.8 Å². The SMILES string of the molecule is CC(C)(C)OC(=O)N1CCC(N)CC1.COc1ccc([N+](=O)[O-])c(Cl)n1.COc1ccc([N+](=O)[O-])c(NC2CCN(C(=O)OC(C)(C)C)CC2)n1. The van der Waals surface area contributed by atoms with Crippen LogP contribution in [-0.2, 0) is 9.47 Å². The number of halogens is 1. The van der Waals surface area contributed by atoms with Gasteiger partial charge in [0.2, 0.25) is 22.7 Å². The maximum Gasteiger partial charge on any atom is 0.410 e. The van der Waals surface area contributed by atoms with Crippen LogP contribution >= 0.6 is 11.6 Å². The summed E-state index contributed by atoms with van der Waals surface area (Å²) in [6.45, 7) is 13.6. The highest BCUT2D eigenvalue weighted by Crippen LogP contribution is 2.28. The Kier molecular flexibility index (Phi) is 15.9. The zero-order valence-corrected chi connectivity index (χ0v) is 31.1. The van der Waals surface area contributed by atoms with Crippen molar-refractivity contribution in [1.82, 2.24) is 19.8 Å². The van der Waals surface area contributed by atoms with Crippen molar-refractivity contribution in [2.75, 3.05) is 45.7 Å². The standard InChI is InChI=1S/C16H24N4O5.C10H20N2O2.C6H5ClN2O3/c1-16(2,3)25-15(21)19-9-7-11(8-10-19)17-14-12(20(22)23)5-6-13(18-14)24-4;1-10(2,3)14-9(13)12-6-4-8(11)5-7-12;1-12-5-3-2-4(9(10)11)6(7)8-5/h5-6,11H,7-10H2,1-4H3,(H,17,18);8H,4-7,11H2,1-3H3;2-3H,1H3. The predicted octanol–water partition coefficient (Wildman–Crippen LogP) is 5.81. The van der Waals surface area contributed by atoms with Gasteiger partial charge in [0.1, 0.15) is 11.2 Å². The van der Waals surface area contributed by atoms with Gasteiger partial charge in [-0.2, -0.15) is 9.97 Å². The summed E-state index contributed by atoms with van der Waals surface area (Å²) in [5, 5.41) is 24.3. The van der Waals surface area contributed by atoms with Crippen molar-refractivity contribution in [3.63, 3.8) is 0 Å². The van der Waals surface area contributed by atoms with Crippen LogP contribution in [0.5, 0.6) is 11.8 Å². The summed E-state index contributed by atoms with van der Waals surface area (Å²) in [4.78, 5) is 55.1. The third kappa shape index (κ3) is 15.0. The zero-order chi connectivity index (χ0) is 38.5. The Balaban J connectivity index is 0.000000292. The largest absolute Gasteiger partial charge is 0.481 e. The minimum atomic E-state index is -0.602. The number of carbonyl (C=O) groups is 2. The van der Waals surface area contributed by atoms with E-state index in [0.717, 1.165) is 25.9 Å². The molecule has 284 valence electrons. The molecular formula is C32H49ClN8O10. The molecule has 19 heteroatoms. The van der Waals surface area contributed by atoms with Crippen molar-refractivity contribution < 1.29 is 38.4 Å². The van der Waals surface area contributed by atoms with E-state index in [2.05, 4.69) is 15.3 Å². The normalized spacial score (nSPS) is 15.3. The maximum absolute atomic E-state index is 12.1. The molecule has 3 N–H and O–H groups in total. The van der Waals surface area contributed by atoms with Crippen LogP contribution in [0.1, 0.15) is 67.2 Å². The number of pyridine rings is 2. The maximum atomic E-state index is 12.1. The number of nitro groups is 2. The van der Waals surface area contributed by atoms with Crippen molar-refractivity contribution in [3.8, 4) is 11.8 Å². The average molecular weight is 741 g/mol. The monoisotopic (exact) mass is 740 g/mol. The van der Waals surface area contributed by atoms with Gasteiger partial charge in [0.15, 0.2) is 0 Å². The summed E-state index contributed by atoms with van der Waals surface area (Å²) in [5.41, 5.74) is 4.48. The fourth-order valence-corrected chi connectivity index (χ4v) is 4.81. The minimum absolute atomic E-state index is 0.0167. The number of piperidine rings is 2. The van der Waals surface area contributed by atoms with E-state index in [0.29, 0.717) is 31.8 Å². The molecular weight excluding hydrogens is 692 g/mol. The number of hydrogen-bond acceptors (Lipinski definition) is 14. The first kappa shape index (κ1) is 42.5. The van der Waals surface area contributed by atoms with E-state index in [1.54, 1.807) is 9.80 Å². The predicted molar refractivity (Wildman–Crippen MR) is 189 cm³/mol. The molecule has 51 heavy (non-hydrogen) atoms. The van der Waals surface area contributed by atoms with E-state index in [1.165, 1.54) is 38.5 Å². The van der Waals surface area contributed by atoms with E-state index in [1.807, 2.05) is 41.5 Å². The van der Waals surface area contributed by atoms with Crippen molar-refractivity contribution in [1.29, 1.82) is 0 Å². The number of rotatable bonds is 6. The van der Waals surface area contributed by atoms with Gasteiger partial charge in [0, 0.05) is 62.5 Å². The minimum Gasteiger partial charge on any atom is -0.481 e. The molecule has 0 saturated carbocycles. The zero-order valence-electron chi connectivity index (χ0n) is 30.3. The first-order valence-electron chi connectivity index (χ1n) is 16.2. The quantitative estimate of drug-likeness (QED) is 0.202. The number of aromatic nitrogens is 2. The van der Waals surface area contributed by atoms with E-state index in [9.17, 15) is 29.8 Å². The summed E-state index contributed by atoms with van der Waals surface area (Å²) in [6, 6.07) is 5.67. The lowest BCUT2D eigenvalue weighted by atomic mass is 10.1. The third-order valence-electron chi connectivity index (χ3n) is 7.14. The fraction of sp³-hybridized carbons (Fsp3) is 0.625. The highest BCUT2D eigenvalue weighted by atomic mass is 35.5. The van der Waals surface area contributed by atoms with E-state index < -0.39 is 21.0 Å². The molecule has 4 rings (SSSR count). The Bertz CT molecular complexity index is 1490. The van der Waals surface area contributed by atoms with E-state index >= 15 is 0 Å². The second-order valence-electron chi connectivity index (χ2n) is 13.6. The van der Waals surface area contributed by atoms with Gasteiger partial charge >= 0.3 is 23.6 Å². The van der Waals surface area contributed by atoms with Gasteiger partial charge in [-0.15, -0.1) is 0 Å². The first-order valence-corrected chi connectivity index (χ1v) is 16.6. The average Bonchev–Trinajstić information content (AvgIpc) is 3.04. The first-order chi connectivity index (χ1) is 23.7. The van der Waals surface area contributed by atoms with Gasteiger partial charge in [-0.3, -0.25) is 20.2 Å². The highest BCUT2D eigenvalue weighted by molar-refractivity contribution is 6.31. The molecule has 0 spiro atoms. The van der Waals surface area contributed by atoms with Crippen LogP contribution in [0.3, 0.4) is 0 Å². The van der Waals surface area contributed by atoms with Gasteiger partial charge in [-0.1, -0.05) is 11.6 Å². The van der Waals surface area contributed by atoms with Gasteiger partial charge in [-0.25, -0.2) is 9.59 Å². The van der Waals surface area contributed by atoms with Crippen LogP contribution in [0, 0.1) is 20.2 Å². The van der Waals surface area contributed by atoms with Crippen LogP contribution in [0.15, 0.2) is 24.3 Å². The van der Waals surface area contributed by atoms with Crippen LogP contribution in [0.2, 0.25) is 5.15 Å². The molecule has 0 bridgehead atoms. The lowest BCUT2D eigenvalue weighted by Crippen LogP contribution is -2.44. The molecule has 0 atom stereocenters. The molecule has 18 nitrogen and oxygen atoms in total. The van der Waals surface area contributed by atoms with Crippen LogP contribution < -0.4 is 20.5 Å². The lowest BCUT2D eigenvalue weighted by Gasteiger charge is -2.33. The number of nitrogens with zero attached hydrogens (tertiary/aromatic N) is 6. The topological polar surface area (TPSA) is 228 Å². The number of likely N-dealkylation sites (tertiary alicyclic amines) is 2. The molecule has 0 radical (unpaired) electrons. The molecule has 2 fully saturated rings. The number of ether oxygens (including phenoxy) is 4. The van der Waals surface area contributed by atoms with Crippen LogP contribution in [0.4, 0.5) is 26.8 Å². The molecule has 2 aliphatic heterocycles. The van der Waals surface area contributed by atoms with Crippen molar-refractivity contribution in [3.05, 3.63) is 49.6 Å². The Morgan fingerprint density at radius 1 is 0.784 bits per heavy atom. The Morgan fingerprint density at radius 2 is 1.20 bits per heavy atom. The van der Waals surface area contributed by atoms with Crippen LogP contribution in [-0.4, -0.2) is 105 Å². The molecule has 2 saturated heterocycles. The number of carbonyl (C=O) groups excluding carboxylic acids is 2. The number of nitrogens with two attached hydrogens (primary N) is 1. The lowest BCUT2D eigenvalue weighted by molar-refractivity contribution is -0.385. The number of methoxy groups -OCH3 is 2. The van der Waals surface area contributed by atoms with Gasteiger partial charge in [-0.05, 0) is 67.2 Å². The summed E-state index contributed by atoms with van der Waals surface area (Å²) in [5.74, 6) is 0.741. The summed E-state index contributed by atoms with van der Waals surface area (Å²) >= 11 is 5.47. The number of amides is 2. The molecule has 4 heterocycles. The summed E-state index contributed by atoms with van der Waals surface area (Å²) in [6.07, 6.45) is 2.49. The van der Waals surface area contributed by atoms with Crippen LogP contribution in [0.25, 0.3) is 0 Å². The Morgan fingerprint density at radius 3 is 1.59 bits per heavy atom. The fourth-order valence-electron chi connectivity index (χ4n) is 4.60. The van der Waals surface area contributed by atoms with E-state index in [4.69, 9.17) is 36.3 Å². The molecule has 2 aliphatic rings. The number of hydrogen-bond donors (Lipinski definition) is 2. The Hall–Kier alpha value is -4.71. The van der Waals surface area contributed by atoms with Crippen molar-refractivity contribution in [2.45, 2.75) is 90.5 Å². The smallest absolute Gasteiger partial charge is 0.410 e. The number of anilines is 1. The summed E-state index contributed by atoms with van der Waals surface area (Å²) < 4.78 is 20.4. The molecule has 2 aromatic rings. The second-order valence-corrected chi connectivity index (χ2v) is 13.9. The molecule has 0 unspecified atom stereocenters. The summed E-state index contributed by atoms with van der Waals surface area (Å²) in [7, 11) is 2.86. The number of nitrogens with one attached hydrogen (secondary N) is 1. The highest BCUT2D eigenvalue weighted by Gasteiger charge is 2.29. The van der Waals surface area contributed by atoms with Gasteiger partial charge in [0.25, 0.3) is 0 Å². The van der Waals surface area contributed by atoms with Gasteiger partial charge in [0.05, 0.1) is 24.1 Å². The van der Waals surface area contributed by atoms with E-state index in [-0.39, 0.29) is 52.5 Å². The molecule has 0 aromatic carbocycles. The second kappa shape index (κ2) is 19.1. The Labute approximate surface area is 302 Å². The van der Waals surface area contributed by atoms with Crippen molar-refractivity contribution >= 4 is 41.0 Å².